The molecule has 24 heavy (non-hydrogen) atoms. The van der Waals surface area contributed by atoms with E-state index in [1.54, 1.807) is 13.2 Å². The molecule has 0 saturated carbocycles. The predicted molar refractivity (Wildman–Crippen MR) is 95.5 cm³/mol. The highest BCUT2D eigenvalue weighted by atomic mass is 16.5. The van der Waals surface area contributed by atoms with E-state index >= 15 is 0 Å². The predicted octanol–water partition coefficient (Wildman–Crippen LogP) is 2.70. The maximum atomic E-state index is 12.4. The first kappa shape index (κ1) is 18.6. The van der Waals surface area contributed by atoms with E-state index < -0.39 is 6.10 Å². The smallest absolute Gasteiger partial charge is 0.261 e. The molecule has 0 aliphatic carbocycles. The summed E-state index contributed by atoms with van der Waals surface area (Å²) in [7, 11) is 3.78. The van der Waals surface area contributed by atoms with Crippen LogP contribution in [0, 0.1) is 5.92 Å². The number of hydrogen-bond donors (Lipinski definition) is 1. The molecule has 1 N–H and O–H groups in total. The first-order valence-corrected chi connectivity index (χ1v) is 8.89. The summed E-state index contributed by atoms with van der Waals surface area (Å²) in [6.07, 6.45) is 3.68. The van der Waals surface area contributed by atoms with Crippen LogP contribution in [0.15, 0.2) is 24.3 Å². The summed E-state index contributed by atoms with van der Waals surface area (Å²) in [6.45, 7) is 5.01. The van der Waals surface area contributed by atoms with Crippen molar-refractivity contribution in [1.29, 1.82) is 0 Å². The Bertz CT molecular complexity index is 513. The van der Waals surface area contributed by atoms with Crippen LogP contribution >= 0.6 is 0 Å². The minimum Gasteiger partial charge on any atom is -0.497 e. The quantitative estimate of drug-likeness (QED) is 0.794. The molecule has 1 saturated heterocycles. The van der Waals surface area contributed by atoms with E-state index in [2.05, 4.69) is 17.3 Å². The summed E-state index contributed by atoms with van der Waals surface area (Å²) in [4.78, 5) is 14.7. The second-order valence-corrected chi connectivity index (χ2v) is 6.52. The normalized spacial score (nSPS) is 17.3. The Morgan fingerprint density at radius 2 is 2.04 bits per heavy atom. The fourth-order valence-corrected chi connectivity index (χ4v) is 3.03. The molecule has 0 bridgehead atoms. The highest BCUT2D eigenvalue weighted by Gasteiger charge is 2.20. The van der Waals surface area contributed by atoms with Gasteiger partial charge in [-0.2, -0.15) is 0 Å². The Morgan fingerprint density at radius 1 is 1.33 bits per heavy atom. The number of rotatable bonds is 8. The molecule has 134 valence electrons. The number of carbonyl (C=O) groups is 1. The van der Waals surface area contributed by atoms with Crippen LogP contribution in [0.2, 0.25) is 0 Å². The molecule has 0 aromatic heterocycles. The number of nitrogens with zero attached hydrogens (tertiary/aromatic N) is 1. The van der Waals surface area contributed by atoms with Crippen LogP contribution in [0.4, 0.5) is 0 Å². The Hall–Kier alpha value is -1.75. The highest BCUT2D eigenvalue weighted by Crippen LogP contribution is 2.21. The molecule has 1 unspecified atom stereocenters. The minimum atomic E-state index is -0.463. The molecule has 1 aromatic rings. The van der Waals surface area contributed by atoms with Crippen molar-refractivity contribution in [2.24, 2.45) is 5.92 Å². The van der Waals surface area contributed by atoms with Crippen molar-refractivity contribution in [3.05, 3.63) is 24.3 Å². The number of nitrogens with one attached hydrogen (secondary N) is 1. The number of piperidine rings is 1. The molecule has 5 heteroatoms. The fraction of sp³-hybridized carbons (Fsp3) is 0.632. The van der Waals surface area contributed by atoms with E-state index in [9.17, 15) is 4.79 Å². The number of ether oxygens (including phenoxy) is 2. The summed E-state index contributed by atoms with van der Waals surface area (Å²) >= 11 is 0. The summed E-state index contributed by atoms with van der Waals surface area (Å²) < 4.78 is 11.0. The van der Waals surface area contributed by atoms with Gasteiger partial charge < -0.3 is 19.7 Å². The second-order valence-electron chi connectivity index (χ2n) is 6.52. The third kappa shape index (κ3) is 5.71. The zero-order valence-electron chi connectivity index (χ0n) is 15.1. The highest BCUT2D eigenvalue weighted by molar-refractivity contribution is 5.81. The number of hydrogen-bond acceptors (Lipinski definition) is 4. The number of benzene rings is 1. The van der Waals surface area contributed by atoms with E-state index in [4.69, 9.17) is 9.47 Å². The van der Waals surface area contributed by atoms with Gasteiger partial charge in [-0.25, -0.2) is 0 Å². The van der Waals surface area contributed by atoms with Crippen molar-refractivity contribution in [3.8, 4) is 11.5 Å². The van der Waals surface area contributed by atoms with Gasteiger partial charge in [-0.1, -0.05) is 13.0 Å². The first-order chi connectivity index (χ1) is 11.6. The molecule has 1 fully saturated rings. The van der Waals surface area contributed by atoms with Gasteiger partial charge in [0, 0.05) is 12.6 Å². The van der Waals surface area contributed by atoms with Crippen LogP contribution < -0.4 is 14.8 Å². The summed E-state index contributed by atoms with van der Waals surface area (Å²) in [5, 5.41) is 3.03. The molecule has 1 heterocycles. The van der Waals surface area contributed by atoms with Crippen molar-refractivity contribution in [1.82, 2.24) is 10.2 Å². The maximum Gasteiger partial charge on any atom is 0.261 e. The molecular weight excluding hydrogens is 304 g/mol. The summed E-state index contributed by atoms with van der Waals surface area (Å²) in [6, 6.07) is 7.36. The number of likely N-dealkylation sites (tertiary alicyclic amines) is 1. The van der Waals surface area contributed by atoms with E-state index in [1.807, 2.05) is 25.1 Å². The molecule has 0 spiro atoms. The van der Waals surface area contributed by atoms with Crippen LogP contribution in [0.5, 0.6) is 11.5 Å². The van der Waals surface area contributed by atoms with Crippen LogP contribution in [-0.4, -0.2) is 50.7 Å². The van der Waals surface area contributed by atoms with Gasteiger partial charge in [0.2, 0.25) is 0 Å². The van der Waals surface area contributed by atoms with Crippen LogP contribution in [0.25, 0.3) is 0 Å². The lowest BCUT2D eigenvalue weighted by atomic mass is 9.94. The van der Waals surface area contributed by atoms with Crippen molar-refractivity contribution in [2.45, 2.75) is 38.7 Å². The van der Waals surface area contributed by atoms with Crippen LogP contribution in [0.1, 0.15) is 32.6 Å². The van der Waals surface area contributed by atoms with Gasteiger partial charge in [0.1, 0.15) is 11.5 Å². The molecule has 1 atom stereocenters. The lowest BCUT2D eigenvalue weighted by molar-refractivity contribution is -0.128. The lowest BCUT2D eigenvalue weighted by Gasteiger charge is -2.29. The Labute approximate surface area is 145 Å². The molecule has 1 aliphatic heterocycles. The molecule has 1 amide bonds. The molecular formula is C19H30N2O3. The summed E-state index contributed by atoms with van der Waals surface area (Å²) in [5.74, 6) is 2.07. The van der Waals surface area contributed by atoms with Gasteiger partial charge in [-0.3, -0.25) is 4.79 Å². The van der Waals surface area contributed by atoms with Crippen molar-refractivity contribution < 1.29 is 14.3 Å². The van der Waals surface area contributed by atoms with E-state index in [-0.39, 0.29) is 5.91 Å². The van der Waals surface area contributed by atoms with Gasteiger partial charge in [-0.05, 0) is 63.9 Å². The average molecular weight is 334 g/mol. The lowest BCUT2D eigenvalue weighted by Crippen LogP contribution is -2.39. The van der Waals surface area contributed by atoms with Crippen LogP contribution in [-0.2, 0) is 4.79 Å². The third-order valence-corrected chi connectivity index (χ3v) is 4.67. The van der Waals surface area contributed by atoms with Gasteiger partial charge >= 0.3 is 0 Å². The van der Waals surface area contributed by atoms with Crippen molar-refractivity contribution in [3.63, 3.8) is 0 Å². The Morgan fingerprint density at radius 3 is 2.71 bits per heavy atom. The van der Waals surface area contributed by atoms with Gasteiger partial charge in [0.25, 0.3) is 5.91 Å². The van der Waals surface area contributed by atoms with Gasteiger partial charge in [0.05, 0.1) is 7.11 Å². The second kappa shape index (κ2) is 9.52. The van der Waals surface area contributed by atoms with E-state index in [0.29, 0.717) is 12.2 Å². The molecule has 0 radical (unpaired) electrons. The van der Waals surface area contributed by atoms with Gasteiger partial charge in [-0.15, -0.1) is 0 Å². The first-order valence-electron chi connectivity index (χ1n) is 8.89. The molecule has 2 rings (SSSR count). The summed E-state index contributed by atoms with van der Waals surface area (Å²) in [5.41, 5.74) is 0. The van der Waals surface area contributed by atoms with E-state index in [0.717, 1.165) is 37.7 Å². The number of amides is 1. The Balaban J connectivity index is 1.76. The zero-order chi connectivity index (χ0) is 17.4. The maximum absolute atomic E-state index is 12.4. The topological polar surface area (TPSA) is 50.8 Å². The number of carbonyl (C=O) groups excluding carboxylic acids is 1. The average Bonchev–Trinajstić information content (AvgIpc) is 2.61. The SMILES string of the molecule is CCC(Oc1cccc(OC)c1)C(=O)NCCC1CCN(C)CC1. The fourth-order valence-electron chi connectivity index (χ4n) is 3.03. The molecule has 5 nitrogen and oxygen atoms in total. The van der Waals surface area contributed by atoms with Crippen molar-refractivity contribution in [2.75, 3.05) is 33.8 Å². The minimum absolute atomic E-state index is 0.0340. The largest absolute Gasteiger partial charge is 0.497 e. The van der Waals surface area contributed by atoms with E-state index in [1.165, 1.54) is 12.8 Å². The Kier molecular flexibility index (Phi) is 7.37. The van der Waals surface area contributed by atoms with Gasteiger partial charge in [0.15, 0.2) is 6.10 Å². The monoisotopic (exact) mass is 334 g/mol. The van der Waals surface area contributed by atoms with Crippen LogP contribution in [0.3, 0.4) is 0 Å². The van der Waals surface area contributed by atoms with Crippen molar-refractivity contribution >= 4 is 5.91 Å². The number of methoxy groups -OCH3 is 1. The molecule has 1 aliphatic rings. The standard InChI is InChI=1S/C19H30N2O3/c1-4-18(24-17-7-5-6-16(14-17)23-3)19(22)20-11-8-15-9-12-21(2)13-10-15/h5-7,14-15,18H,4,8-13H2,1-3H3,(H,20,22). The molecule has 1 aromatic carbocycles. The zero-order valence-corrected chi connectivity index (χ0v) is 15.1. The third-order valence-electron chi connectivity index (χ3n) is 4.67.